The molecule has 0 saturated heterocycles. The first-order valence-corrected chi connectivity index (χ1v) is 10.5. The van der Waals surface area contributed by atoms with E-state index in [-0.39, 0.29) is 34.6 Å². The molecule has 1 amide bonds. The summed E-state index contributed by atoms with van der Waals surface area (Å²) in [5.41, 5.74) is 0.0341. The van der Waals surface area contributed by atoms with Gasteiger partial charge in [0.05, 0.1) is 23.7 Å². The van der Waals surface area contributed by atoms with E-state index in [1.165, 1.54) is 0 Å². The van der Waals surface area contributed by atoms with E-state index in [0.717, 1.165) is 22.9 Å². The van der Waals surface area contributed by atoms with Gasteiger partial charge in [0, 0.05) is 0 Å². The molecular formula is C18H23N3O6S2. The van der Waals surface area contributed by atoms with Crippen LogP contribution in [0.15, 0.2) is 0 Å². The van der Waals surface area contributed by atoms with Crippen molar-refractivity contribution >= 4 is 45.9 Å². The average molecular weight is 442 g/mol. The van der Waals surface area contributed by atoms with E-state index in [9.17, 15) is 14.4 Å². The second-order valence-corrected chi connectivity index (χ2v) is 8.52. The van der Waals surface area contributed by atoms with E-state index < -0.39 is 23.6 Å². The van der Waals surface area contributed by atoms with Crippen LogP contribution < -0.4 is 5.32 Å². The number of hydrogen-bond donors (Lipinski definition) is 1. The van der Waals surface area contributed by atoms with Crippen molar-refractivity contribution in [3.63, 3.8) is 0 Å². The average Bonchev–Trinajstić information content (AvgIpc) is 3.18. The number of hydrogen-bond acceptors (Lipinski definition) is 10. The molecule has 9 nitrogen and oxygen atoms in total. The quantitative estimate of drug-likeness (QED) is 0.522. The fraction of sp³-hybridized carbons (Fsp3) is 0.500. The Balaban J connectivity index is 2.43. The molecule has 0 radical (unpaired) electrons. The maximum atomic E-state index is 12.5. The van der Waals surface area contributed by atoms with Crippen LogP contribution in [0.4, 0.5) is 9.80 Å². The lowest BCUT2D eigenvalue weighted by molar-refractivity contribution is 0.0516. The summed E-state index contributed by atoms with van der Waals surface area (Å²) in [7, 11) is 0. The fourth-order valence-electron chi connectivity index (χ4n) is 2.25. The number of carbonyl (C=O) groups excluding carboxylic acids is 3. The van der Waals surface area contributed by atoms with Crippen molar-refractivity contribution in [2.24, 2.45) is 0 Å². The summed E-state index contributed by atoms with van der Waals surface area (Å²) in [4.78, 5) is 41.3. The predicted octanol–water partition coefficient (Wildman–Crippen LogP) is 4.28. The lowest BCUT2D eigenvalue weighted by Crippen LogP contribution is -2.27. The summed E-state index contributed by atoms with van der Waals surface area (Å²) in [5.74, 6) is -0.883. The van der Waals surface area contributed by atoms with Crippen molar-refractivity contribution in [1.29, 1.82) is 0 Å². The molecule has 0 aliphatic heterocycles. The standard InChI is InChI=1S/C18H23N3O6S2/c1-7-25-15(22)10-9(3)11(12-19-14(29-21-12)16(23)26-8-2)28-13(10)20-17(24)27-18(4,5)6/h7-8H2,1-6H3,(H,20,24). The zero-order valence-corrected chi connectivity index (χ0v) is 18.7. The van der Waals surface area contributed by atoms with Crippen LogP contribution >= 0.6 is 22.9 Å². The van der Waals surface area contributed by atoms with Gasteiger partial charge in [0.1, 0.15) is 10.6 Å². The molecule has 0 aromatic carbocycles. The summed E-state index contributed by atoms with van der Waals surface area (Å²) < 4.78 is 19.5. The minimum Gasteiger partial charge on any atom is -0.462 e. The largest absolute Gasteiger partial charge is 0.462 e. The van der Waals surface area contributed by atoms with Crippen molar-refractivity contribution in [1.82, 2.24) is 9.36 Å². The van der Waals surface area contributed by atoms with Gasteiger partial charge in [-0.15, -0.1) is 11.3 Å². The molecule has 2 aromatic heterocycles. The maximum Gasteiger partial charge on any atom is 0.412 e. The van der Waals surface area contributed by atoms with Crippen molar-refractivity contribution < 1.29 is 28.6 Å². The highest BCUT2D eigenvalue weighted by atomic mass is 32.1. The number of nitrogens with one attached hydrogen (secondary N) is 1. The van der Waals surface area contributed by atoms with Crippen LogP contribution in [0.25, 0.3) is 10.7 Å². The van der Waals surface area contributed by atoms with E-state index in [2.05, 4.69) is 14.7 Å². The van der Waals surface area contributed by atoms with Crippen LogP contribution in [0, 0.1) is 6.92 Å². The Morgan fingerprint density at radius 3 is 2.28 bits per heavy atom. The summed E-state index contributed by atoms with van der Waals surface area (Å²) in [6.45, 7) is 10.7. The van der Waals surface area contributed by atoms with Gasteiger partial charge in [-0.25, -0.2) is 19.4 Å². The molecule has 2 aromatic rings. The number of rotatable bonds is 6. The molecule has 0 aliphatic rings. The zero-order valence-electron chi connectivity index (χ0n) is 17.1. The normalized spacial score (nSPS) is 11.1. The number of amides is 1. The van der Waals surface area contributed by atoms with Crippen LogP contribution in [-0.4, -0.2) is 46.2 Å². The van der Waals surface area contributed by atoms with Gasteiger partial charge in [-0.1, -0.05) is 0 Å². The fourth-order valence-corrected chi connectivity index (χ4v) is 3.99. The van der Waals surface area contributed by atoms with Gasteiger partial charge in [-0.3, -0.25) is 5.32 Å². The van der Waals surface area contributed by atoms with Crippen LogP contribution in [0.3, 0.4) is 0 Å². The number of anilines is 1. The van der Waals surface area contributed by atoms with E-state index in [4.69, 9.17) is 14.2 Å². The Hall–Kier alpha value is -2.53. The molecule has 0 aliphatic carbocycles. The van der Waals surface area contributed by atoms with E-state index in [0.29, 0.717) is 10.4 Å². The molecule has 0 saturated carbocycles. The van der Waals surface area contributed by atoms with Gasteiger partial charge < -0.3 is 14.2 Å². The Morgan fingerprint density at radius 2 is 1.69 bits per heavy atom. The summed E-state index contributed by atoms with van der Waals surface area (Å²) in [6, 6.07) is 0. The van der Waals surface area contributed by atoms with Gasteiger partial charge in [-0.2, -0.15) is 4.37 Å². The number of nitrogens with zero attached hydrogens (tertiary/aromatic N) is 2. The minimum absolute atomic E-state index is 0.106. The Morgan fingerprint density at radius 1 is 1.07 bits per heavy atom. The van der Waals surface area contributed by atoms with Crippen LogP contribution in [0.5, 0.6) is 0 Å². The first-order chi connectivity index (χ1) is 13.6. The summed E-state index contributed by atoms with van der Waals surface area (Å²) in [5, 5.41) is 2.97. The lowest BCUT2D eigenvalue weighted by atomic mass is 10.1. The second-order valence-electron chi connectivity index (χ2n) is 6.75. The summed E-state index contributed by atoms with van der Waals surface area (Å²) >= 11 is 2.00. The highest BCUT2D eigenvalue weighted by Gasteiger charge is 2.28. The highest BCUT2D eigenvalue weighted by molar-refractivity contribution is 7.20. The number of thiophene rings is 1. The third-order valence-corrected chi connectivity index (χ3v) is 5.22. The van der Waals surface area contributed by atoms with Crippen molar-refractivity contribution in [3.8, 4) is 10.7 Å². The number of aromatic nitrogens is 2. The van der Waals surface area contributed by atoms with Gasteiger partial charge in [0.15, 0.2) is 5.82 Å². The molecule has 0 bridgehead atoms. The van der Waals surface area contributed by atoms with Crippen LogP contribution in [-0.2, 0) is 14.2 Å². The molecule has 11 heteroatoms. The minimum atomic E-state index is -0.700. The van der Waals surface area contributed by atoms with Crippen molar-refractivity contribution in [2.45, 2.75) is 47.1 Å². The molecule has 0 unspecified atom stereocenters. The third kappa shape index (κ3) is 5.73. The molecule has 29 heavy (non-hydrogen) atoms. The maximum absolute atomic E-state index is 12.5. The Bertz CT molecular complexity index is 913. The Kier molecular flexibility index (Phi) is 7.31. The number of esters is 2. The first kappa shape index (κ1) is 22.8. The third-order valence-electron chi connectivity index (χ3n) is 3.32. The monoisotopic (exact) mass is 441 g/mol. The molecule has 2 heterocycles. The molecule has 2 rings (SSSR count). The van der Waals surface area contributed by atoms with E-state index >= 15 is 0 Å². The van der Waals surface area contributed by atoms with Gasteiger partial charge in [-0.05, 0) is 58.6 Å². The van der Waals surface area contributed by atoms with Gasteiger partial charge in [0.2, 0.25) is 5.01 Å². The van der Waals surface area contributed by atoms with Gasteiger partial charge in [0.25, 0.3) is 0 Å². The predicted molar refractivity (Wildman–Crippen MR) is 110 cm³/mol. The SMILES string of the molecule is CCOC(=O)c1nc(-c2sc(NC(=O)OC(C)(C)C)c(C(=O)OCC)c2C)ns1. The zero-order chi connectivity index (χ0) is 21.8. The van der Waals surface area contributed by atoms with Crippen LogP contribution in [0.1, 0.15) is 60.3 Å². The van der Waals surface area contributed by atoms with Crippen LogP contribution in [0.2, 0.25) is 0 Å². The molecule has 0 atom stereocenters. The van der Waals surface area contributed by atoms with Crippen molar-refractivity contribution in [3.05, 3.63) is 16.1 Å². The number of carbonyl (C=O) groups is 3. The van der Waals surface area contributed by atoms with Gasteiger partial charge >= 0.3 is 18.0 Å². The Labute approximate surface area is 176 Å². The second kappa shape index (κ2) is 9.31. The highest BCUT2D eigenvalue weighted by Crippen LogP contribution is 2.39. The topological polar surface area (TPSA) is 117 Å². The summed E-state index contributed by atoms with van der Waals surface area (Å²) in [6.07, 6.45) is -0.700. The molecular weight excluding hydrogens is 418 g/mol. The van der Waals surface area contributed by atoms with E-state index in [1.54, 1.807) is 41.5 Å². The lowest BCUT2D eigenvalue weighted by Gasteiger charge is -2.19. The van der Waals surface area contributed by atoms with E-state index in [1.807, 2.05) is 0 Å². The molecule has 1 N–H and O–H groups in total. The molecule has 0 fully saturated rings. The molecule has 158 valence electrons. The molecule has 0 spiro atoms. The van der Waals surface area contributed by atoms with Crippen molar-refractivity contribution in [2.75, 3.05) is 18.5 Å². The number of ether oxygens (including phenoxy) is 3. The first-order valence-electron chi connectivity index (χ1n) is 8.89. The smallest absolute Gasteiger partial charge is 0.412 e.